The number of anilines is 1. The van der Waals surface area contributed by atoms with Gasteiger partial charge in [-0.2, -0.15) is 13.2 Å². The molecule has 5 nitrogen and oxygen atoms in total. The Morgan fingerprint density at radius 1 is 1.10 bits per heavy atom. The molecule has 0 aliphatic carbocycles. The Bertz CT molecular complexity index is 493. The summed E-state index contributed by atoms with van der Waals surface area (Å²) in [6, 6.07) is 3.85. The monoisotopic (exact) mass is 302 g/mol. The lowest BCUT2D eigenvalue weighted by molar-refractivity contribution is -0.137. The maximum Gasteiger partial charge on any atom is 0.416 e. The first-order valence-corrected chi connectivity index (χ1v) is 6.53. The molecule has 2 amide bonds. The summed E-state index contributed by atoms with van der Waals surface area (Å²) in [5.41, 5.74) is 5.55. The summed E-state index contributed by atoms with van der Waals surface area (Å²) in [6.07, 6.45) is -4.38. The van der Waals surface area contributed by atoms with Crippen LogP contribution in [0.5, 0.6) is 0 Å². The lowest BCUT2D eigenvalue weighted by atomic mass is 10.1. The molecule has 0 saturated carbocycles. The number of hydrogen-bond acceptors (Lipinski definition) is 3. The number of rotatable bonds is 2. The Morgan fingerprint density at radius 2 is 1.62 bits per heavy atom. The highest BCUT2D eigenvalue weighted by molar-refractivity contribution is 5.89. The van der Waals surface area contributed by atoms with Crippen LogP contribution >= 0.6 is 0 Å². The predicted octanol–water partition coefficient (Wildman–Crippen LogP) is 2.08. The van der Waals surface area contributed by atoms with Gasteiger partial charge in [0.2, 0.25) is 0 Å². The summed E-state index contributed by atoms with van der Waals surface area (Å²) in [5.74, 6) is 0. The highest BCUT2D eigenvalue weighted by Crippen LogP contribution is 2.29. The first kappa shape index (κ1) is 15.6. The molecule has 2 unspecified atom stereocenters. The van der Waals surface area contributed by atoms with Crippen LogP contribution in [0, 0.1) is 0 Å². The molecule has 1 aliphatic rings. The van der Waals surface area contributed by atoms with Gasteiger partial charge >= 0.3 is 12.2 Å². The minimum absolute atomic E-state index is 0.0540. The molecule has 0 radical (unpaired) electrons. The van der Waals surface area contributed by atoms with Gasteiger partial charge in [-0.15, -0.1) is 0 Å². The van der Waals surface area contributed by atoms with Crippen LogP contribution in [-0.4, -0.2) is 24.2 Å². The molecule has 1 aromatic rings. The van der Waals surface area contributed by atoms with E-state index in [0.717, 1.165) is 12.1 Å². The fourth-order valence-electron chi connectivity index (χ4n) is 2.19. The summed E-state index contributed by atoms with van der Waals surface area (Å²) in [7, 11) is 0. The third-order valence-corrected chi connectivity index (χ3v) is 3.38. The van der Waals surface area contributed by atoms with E-state index in [9.17, 15) is 18.0 Å². The predicted molar refractivity (Wildman–Crippen MR) is 72.6 cm³/mol. The standard InChI is InChI=1S/C13H17F3N4O/c1-7-11(8(2)20-19-7)18-12(21)17-10-5-3-9(4-6-10)13(14,15)16/h3-8,11,19-20H,1-2H3,(H2,17,18,21). The number of amides is 2. The Hall–Kier alpha value is -1.80. The molecule has 8 heteroatoms. The lowest BCUT2D eigenvalue weighted by Crippen LogP contribution is -2.47. The van der Waals surface area contributed by atoms with Crippen molar-refractivity contribution in [2.45, 2.75) is 38.1 Å². The molecule has 21 heavy (non-hydrogen) atoms. The van der Waals surface area contributed by atoms with Crippen LogP contribution in [0.2, 0.25) is 0 Å². The van der Waals surface area contributed by atoms with Crippen LogP contribution in [0.3, 0.4) is 0 Å². The zero-order valence-electron chi connectivity index (χ0n) is 11.6. The molecule has 1 heterocycles. The summed E-state index contributed by atoms with van der Waals surface area (Å²) in [5, 5.41) is 5.29. The van der Waals surface area contributed by atoms with Crippen LogP contribution in [0.15, 0.2) is 24.3 Å². The zero-order chi connectivity index (χ0) is 15.6. The number of halogens is 3. The number of hydrazine groups is 1. The number of hydrogen-bond donors (Lipinski definition) is 4. The van der Waals surface area contributed by atoms with Gasteiger partial charge in [-0.1, -0.05) is 0 Å². The first-order valence-electron chi connectivity index (χ1n) is 6.53. The van der Waals surface area contributed by atoms with Gasteiger partial charge in [-0.3, -0.25) is 10.9 Å². The molecule has 2 atom stereocenters. The smallest absolute Gasteiger partial charge is 0.332 e. The molecule has 1 aromatic carbocycles. The van der Waals surface area contributed by atoms with Gasteiger partial charge in [0.1, 0.15) is 0 Å². The van der Waals surface area contributed by atoms with Crippen molar-refractivity contribution in [1.29, 1.82) is 0 Å². The van der Waals surface area contributed by atoms with Crippen LogP contribution in [-0.2, 0) is 6.18 Å². The van der Waals surface area contributed by atoms with Crippen LogP contribution in [0.4, 0.5) is 23.7 Å². The van der Waals surface area contributed by atoms with Crippen molar-refractivity contribution in [2.75, 3.05) is 5.32 Å². The van der Waals surface area contributed by atoms with Gasteiger partial charge < -0.3 is 10.6 Å². The van der Waals surface area contributed by atoms with Gasteiger partial charge in [-0.05, 0) is 38.1 Å². The summed E-state index contributed by atoms with van der Waals surface area (Å²) in [6.45, 7) is 3.83. The Labute approximate surface area is 120 Å². The van der Waals surface area contributed by atoms with Crippen LogP contribution < -0.4 is 21.5 Å². The van der Waals surface area contributed by atoms with Crippen molar-refractivity contribution < 1.29 is 18.0 Å². The number of nitrogens with one attached hydrogen (secondary N) is 4. The largest absolute Gasteiger partial charge is 0.416 e. The maximum atomic E-state index is 12.4. The van der Waals surface area contributed by atoms with E-state index < -0.39 is 17.8 Å². The SMILES string of the molecule is CC1NNC(C)C1NC(=O)Nc1ccc(C(F)(F)F)cc1. The third kappa shape index (κ3) is 3.85. The quantitative estimate of drug-likeness (QED) is 0.676. The van der Waals surface area contributed by atoms with E-state index in [4.69, 9.17) is 0 Å². The third-order valence-electron chi connectivity index (χ3n) is 3.38. The highest BCUT2D eigenvalue weighted by Gasteiger charge is 2.31. The number of benzene rings is 1. The molecule has 2 rings (SSSR count). The second-order valence-electron chi connectivity index (χ2n) is 5.07. The van der Waals surface area contributed by atoms with Crippen molar-refractivity contribution in [3.8, 4) is 0 Å². The summed E-state index contributed by atoms with van der Waals surface area (Å²) in [4.78, 5) is 11.8. The van der Waals surface area contributed by atoms with Crippen molar-refractivity contribution >= 4 is 11.7 Å². The van der Waals surface area contributed by atoms with E-state index in [2.05, 4.69) is 21.5 Å². The molecular weight excluding hydrogens is 285 g/mol. The highest BCUT2D eigenvalue weighted by atomic mass is 19.4. The molecular formula is C13H17F3N4O. The fraction of sp³-hybridized carbons (Fsp3) is 0.462. The van der Waals surface area contributed by atoms with Gasteiger partial charge in [0.15, 0.2) is 0 Å². The number of carbonyl (C=O) groups excluding carboxylic acids is 1. The van der Waals surface area contributed by atoms with E-state index in [-0.39, 0.29) is 18.1 Å². The summed E-state index contributed by atoms with van der Waals surface area (Å²) < 4.78 is 37.3. The minimum atomic E-state index is -4.38. The summed E-state index contributed by atoms with van der Waals surface area (Å²) >= 11 is 0. The van der Waals surface area contributed by atoms with E-state index in [1.54, 1.807) is 0 Å². The van der Waals surface area contributed by atoms with Crippen LogP contribution in [0.25, 0.3) is 0 Å². The fourth-order valence-corrected chi connectivity index (χ4v) is 2.19. The topological polar surface area (TPSA) is 65.2 Å². The molecule has 0 spiro atoms. The van der Waals surface area contributed by atoms with E-state index >= 15 is 0 Å². The second-order valence-corrected chi connectivity index (χ2v) is 5.07. The zero-order valence-corrected chi connectivity index (χ0v) is 11.6. The van der Waals surface area contributed by atoms with Crippen molar-refractivity contribution in [1.82, 2.24) is 16.2 Å². The number of carbonyl (C=O) groups is 1. The van der Waals surface area contributed by atoms with Crippen molar-refractivity contribution in [3.63, 3.8) is 0 Å². The molecule has 1 fully saturated rings. The molecule has 1 aliphatic heterocycles. The second kappa shape index (κ2) is 5.90. The molecule has 116 valence electrons. The van der Waals surface area contributed by atoms with Crippen molar-refractivity contribution in [2.24, 2.45) is 0 Å². The van der Waals surface area contributed by atoms with Gasteiger partial charge in [0.25, 0.3) is 0 Å². The van der Waals surface area contributed by atoms with E-state index in [0.29, 0.717) is 5.69 Å². The van der Waals surface area contributed by atoms with Crippen LogP contribution in [0.1, 0.15) is 19.4 Å². The molecule has 0 bridgehead atoms. The normalized spacial score (nSPS) is 25.7. The first-order chi connectivity index (χ1) is 9.77. The van der Waals surface area contributed by atoms with Gasteiger partial charge in [0.05, 0.1) is 11.6 Å². The minimum Gasteiger partial charge on any atom is -0.332 e. The lowest BCUT2D eigenvalue weighted by Gasteiger charge is -2.20. The Morgan fingerprint density at radius 3 is 2.10 bits per heavy atom. The average Bonchev–Trinajstić information content (AvgIpc) is 2.70. The Kier molecular flexibility index (Phi) is 4.38. The molecule has 4 N–H and O–H groups in total. The average molecular weight is 302 g/mol. The number of urea groups is 1. The van der Waals surface area contributed by atoms with E-state index in [1.807, 2.05) is 13.8 Å². The van der Waals surface area contributed by atoms with Crippen molar-refractivity contribution in [3.05, 3.63) is 29.8 Å². The van der Waals surface area contributed by atoms with E-state index in [1.165, 1.54) is 12.1 Å². The molecule has 0 aromatic heterocycles. The Balaban J connectivity index is 1.94. The maximum absolute atomic E-state index is 12.4. The van der Waals surface area contributed by atoms with Gasteiger partial charge in [0, 0.05) is 17.8 Å². The number of alkyl halides is 3. The van der Waals surface area contributed by atoms with Gasteiger partial charge in [-0.25, -0.2) is 4.79 Å². The molecule has 1 saturated heterocycles.